The first-order valence-electron chi connectivity index (χ1n) is 14.9. The summed E-state index contributed by atoms with van der Waals surface area (Å²) < 4.78 is 5.90. The second-order valence-corrected chi connectivity index (χ2v) is 19.3. The van der Waals surface area contributed by atoms with Crippen LogP contribution in [0.5, 0.6) is 0 Å². The maximum absolute atomic E-state index is 2.54. The van der Waals surface area contributed by atoms with Crippen LogP contribution in [0.2, 0.25) is 0 Å². The van der Waals surface area contributed by atoms with Gasteiger partial charge in [0.05, 0.1) is 0 Å². The van der Waals surface area contributed by atoms with Gasteiger partial charge in [0.2, 0.25) is 0 Å². The molecule has 1 heteroatoms. The molecular formula is C33H51In. The van der Waals surface area contributed by atoms with Crippen LogP contribution >= 0.6 is 0 Å². The van der Waals surface area contributed by atoms with Gasteiger partial charge in [-0.2, -0.15) is 0 Å². The number of rotatable bonds is 18. The first-order valence-corrected chi connectivity index (χ1v) is 19.9. The zero-order chi connectivity index (χ0) is 24.0. The minimum absolute atomic E-state index is 1.27. The van der Waals surface area contributed by atoms with Gasteiger partial charge in [0.25, 0.3) is 0 Å². The molecule has 0 bridgehead atoms. The van der Waals surface area contributed by atoms with Crippen molar-refractivity contribution >= 4 is 21.4 Å². The van der Waals surface area contributed by atoms with Crippen molar-refractivity contribution in [3.63, 3.8) is 0 Å². The second-order valence-electron chi connectivity index (χ2n) is 10.8. The topological polar surface area (TPSA) is 0 Å². The van der Waals surface area contributed by atoms with E-state index in [0.29, 0.717) is 0 Å². The fourth-order valence-corrected chi connectivity index (χ4v) is 18.2. The zero-order valence-corrected chi connectivity index (χ0v) is 26.1. The Bertz CT molecular complexity index is 704. The first-order chi connectivity index (χ1) is 16.8. The van der Waals surface area contributed by atoms with E-state index in [4.69, 9.17) is 0 Å². The Balaban J connectivity index is 1.87. The molecule has 0 saturated heterocycles. The van der Waals surface area contributed by atoms with Crippen LogP contribution < -0.4 is 0 Å². The van der Waals surface area contributed by atoms with E-state index in [1.54, 1.807) is 16.7 Å². The molecule has 3 aliphatic rings. The summed E-state index contributed by atoms with van der Waals surface area (Å²) in [6.07, 6.45) is 39.5. The van der Waals surface area contributed by atoms with Crippen LogP contribution in [0.15, 0.2) is 63.2 Å². The Hall–Kier alpha value is -0.690. The molecule has 34 heavy (non-hydrogen) atoms. The fraction of sp³-hybridized carbons (Fsp3) is 0.636. The van der Waals surface area contributed by atoms with Gasteiger partial charge in [-0.25, -0.2) is 0 Å². The van der Waals surface area contributed by atoms with Crippen LogP contribution in [-0.2, 0) is 0 Å². The second kappa shape index (κ2) is 16.1. The molecule has 0 heterocycles. The van der Waals surface area contributed by atoms with E-state index in [2.05, 4.69) is 57.2 Å². The van der Waals surface area contributed by atoms with Gasteiger partial charge in [-0.05, 0) is 0 Å². The van der Waals surface area contributed by atoms with Gasteiger partial charge in [-0.15, -0.1) is 0 Å². The number of hydrogen-bond donors (Lipinski definition) is 0. The first kappa shape index (κ1) is 27.9. The predicted molar refractivity (Wildman–Crippen MR) is 154 cm³/mol. The third-order valence-electron chi connectivity index (χ3n) is 8.15. The van der Waals surface area contributed by atoms with E-state index in [0.717, 1.165) is 0 Å². The van der Waals surface area contributed by atoms with Crippen molar-refractivity contribution < 1.29 is 0 Å². The van der Waals surface area contributed by atoms with E-state index < -0.39 is 21.4 Å². The van der Waals surface area contributed by atoms with E-state index in [1.165, 1.54) is 116 Å². The molecule has 0 unspecified atom stereocenters. The molecule has 0 aromatic rings. The molecule has 0 spiro atoms. The summed E-state index contributed by atoms with van der Waals surface area (Å²) in [4.78, 5) is 0. The van der Waals surface area contributed by atoms with Gasteiger partial charge >= 0.3 is 221 Å². The molecule has 3 rings (SSSR count). The van der Waals surface area contributed by atoms with Crippen molar-refractivity contribution in [3.8, 4) is 0 Å². The molecular weight excluding hydrogens is 511 g/mol. The van der Waals surface area contributed by atoms with Gasteiger partial charge in [-0.1, -0.05) is 0 Å². The molecule has 0 nitrogen and oxygen atoms in total. The van der Waals surface area contributed by atoms with Crippen molar-refractivity contribution in [1.82, 2.24) is 0 Å². The van der Waals surface area contributed by atoms with E-state index >= 15 is 0 Å². The van der Waals surface area contributed by atoms with Gasteiger partial charge in [0, 0.05) is 0 Å². The SMILES string of the molecule is CCCCCCC1=[C]([In]([C]2=C(CCCCCC)C=CC2)[C]2=C(CCCCCC)C=CC2)CC=C1. The van der Waals surface area contributed by atoms with Gasteiger partial charge in [0.15, 0.2) is 0 Å². The quantitative estimate of drug-likeness (QED) is 0.146. The van der Waals surface area contributed by atoms with Crippen LogP contribution in [0.1, 0.15) is 136 Å². The molecule has 0 aliphatic heterocycles. The third kappa shape index (κ3) is 8.18. The summed E-state index contributed by atoms with van der Waals surface area (Å²) in [5, 5.41) is 0. The Kier molecular flexibility index (Phi) is 13.2. The molecule has 0 fully saturated rings. The Morgan fingerprint density at radius 1 is 0.471 bits per heavy atom. The van der Waals surface area contributed by atoms with Crippen LogP contribution in [0.25, 0.3) is 0 Å². The number of allylic oxidation sites excluding steroid dienone is 12. The molecule has 0 aromatic heterocycles. The average Bonchev–Trinajstić information content (AvgIpc) is 3.61. The fourth-order valence-electron chi connectivity index (χ4n) is 6.20. The van der Waals surface area contributed by atoms with Crippen molar-refractivity contribution in [1.29, 1.82) is 0 Å². The van der Waals surface area contributed by atoms with Crippen molar-refractivity contribution in [3.05, 3.63) is 63.2 Å². The summed E-state index contributed by atoms with van der Waals surface area (Å²) in [6, 6.07) is 0. The molecule has 3 aliphatic carbocycles. The number of unbranched alkanes of at least 4 members (excludes halogenated alkanes) is 9. The predicted octanol–water partition coefficient (Wildman–Crippen LogP) is 10.8. The average molecular weight is 563 g/mol. The molecule has 0 aromatic carbocycles. The van der Waals surface area contributed by atoms with E-state index in [9.17, 15) is 0 Å². The Morgan fingerprint density at radius 3 is 1.09 bits per heavy atom. The summed E-state index contributed by atoms with van der Waals surface area (Å²) in [5.41, 5.74) is 5.31. The molecule has 0 N–H and O–H groups in total. The minimum atomic E-state index is -2.24. The Labute approximate surface area is 220 Å². The zero-order valence-electron chi connectivity index (χ0n) is 22.8. The van der Waals surface area contributed by atoms with Gasteiger partial charge in [-0.3, -0.25) is 0 Å². The summed E-state index contributed by atoms with van der Waals surface area (Å²) in [6.45, 7) is 6.99. The summed E-state index contributed by atoms with van der Waals surface area (Å²) >= 11 is -2.24. The third-order valence-corrected chi connectivity index (χ3v) is 19.3. The van der Waals surface area contributed by atoms with Crippen LogP contribution in [0.4, 0.5) is 0 Å². The summed E-state index contributed by atoms with van der Waals surface area (Å²) in [7, 11) is 0. The van der Waals surface area contributed by atoms with Crippen LogP contribution in [0.3, 0.4) is 0 Å². The van der Waals surface area contributed by atoms with E-state index in [1.807, 2.05) is 9.99 Å². The summed E-state index contributed by atoms with van der Waals surface area (Å²) in [5.74, 6) is 0. The van der Waals surface area contributed by atoms with Crippen LogP contribution in [-0.4, -0.2) is 21.4 Å². The normalized spacial score (nSPS) is 17.4. The van der Waals surface area contributed by atoms with E-state index in [-0.39, 0.29) is 0 Å². The molecule has 186 valence electrons. The molecule has 0 radical (unpaired) electrons. The van der Waals surface area contributed by atoms with Crippen molar-refractivity contribution in [2.45, 2.75) is 136 Å². The van der Waals surface area contributed by atoms with Gasteiger partial charge in [0.1, 0.15) is 0 Å². The number of hydrogen-bond acceptors (Lipinski definition) is 0. The molecule has 0 atom stereocenters. The monoisotopic (exact) mass is 562 g/mol. The van der Waals surface area contributed by atoms with Crippen LogP contribution in [0, 0.1) is 0 Å². The van der Waals surface area contributed by atoms with Crippen molar-refractivity contribution in [2.24, 2.45) is 0 Å². The Morgan fingerprint density at radius 2 is 0.794 bits per heavy atom. The molecule has 0 saturated carbocycles. The van der Waals surface area contributed by atoms with Crippen molar-refractivity contribution in [2.75, 3.05) is 0 Å². The van der Waals surface area contributed by atoms with Gasteiger partial charge < -0.3 is 0 Å². The molecule has 0 amide bonds. The maximum atomic E-state index is 2.54. The standard InChI is InChI=1S/3C11H17.In/c3*1-2-3-4-5-8-11-9-6-7-10-11;/h3*6,9H,2-5,7-8H2,1H3;.